The van der Waals surface area contributed by atoms with Gasteiger partial charge >= 0.3 is 0 Å². The molecule has 0 saturated heterocycles. The number of ether oxygens (including phenoxy) is 1. The molecule has 0 aliphatic rings. The van der Waals surface area contributed by atoms with Crippen LogP contribution in [0.5, 0.6) is 5.75 Å². The van der Waals surface area contributed by atoms with Gasteiger partial charge in [-0.3, -0.25) is 13.8 Å². The van der Waals surface area contributed by atoms with E-state index in [9.17, 15) is 21.6 Å². The second-order valence-electron chi connectivity index (χ2n) is 7.96. The smallest absolute Gasteiger partial charge is 0.261 e. The van der Waals surface area contributed by atoms with Crippen LogP contribution in [-0.4, -0.2) is 42.7 Å². The van der Waals surface area contributed by atoms with Crippen LogP contribution in [0.15, 0.2) is 71.6 Å². The fourth-order valence-electron chi connectivity index (χ4n) is 3.33. The Bertz CT molecular complexity index is 1420. The van der Waals surface area contributed by atoms with Crippen LogP contribution in [-0.2, 0) is 24.8 Å². The summed E-state index contributed by atoms with van der Waals surface area (Å²) in [5.74, 6) is -0.0380. The fraction of sp³-hybridized carbons (Fsp3) is 0.208. The van der Waals surface area contributed by atoms with Crippen LogP contribution in [0.3, 0.4) is 0 Å². The molecule has 0 spiro atoms. The minimum Gasteiger partial charge on any atom is -0.497 e. The van der Waals surface area contributed by atoms with Gasteiger partial charge in [-0.1, -0.05) is 17.7 Å². The molecular formula is C24H27N3O6S2. The third-order valence-corrected chi connectivity index (χ3v) is 7.64. The van der Waals surface area contributed by atoms with E-state index in [-0.39, 0.29) is 4.90 Å². The molecule has 3 rings (SSSR count). The van der Waals surface area contributed by atoms with Crippen molar-refractivity contribution in [3.05, 3.63) is 77.9 Å². The van der Waals surface area contributed by atoms with E-state index in [0.717, 1.165) is 21.7 Å². The van der Waals surface area contributed by atoms with E-state index in [1.165, 1.54) is 43.5 Å². The topological polar surface area (TPSA) is 122 Å². The number of sulfonamides is 2. The van der Waals surface area contributed by atoms with Gasteiger partial charge < -0.3 is 10.1 Å². The third kappa shape index (κ3) is 6.74. The summed E-state index contributed by atoms with van der Waals surface area (Å²) in [6.45, 7) is 3.28. The number of amides is 1. The summed E-state index contributed by atoms with van der Waals surface area (Å²) in [6.07, 6.45) is 1.01. The van der Waals surface area contributed by atoms with Crippen LogP contribution >= 0.6 is 0 Å². The largest absolute Gasteiger partial charge is 0.497 e. The zero-order valence-electron chi connectivity index (χ0n) is 19.8. The Morgan fingerprint density at radius 3 is 2.09 bits per heavy atom. The zero-order valence-corrected chi connectivity index (χ0v) is 21.4. The van der Waals surface area contributed by atoms with Gasteiger partial charge in [0.1, 0.15) is 12.3 Å². The second-order valence-corrected chi connectivity index (χ2v) is 11.6. The van der Waals surface area contributed by atoms with Gasteiger partial charge in [0, 0.05) is 5.69 Å². The molecule has 0 aliphatic heterocycles. The van der Waals surface area contributed by atoms with Gasteiger partial charge in [-0.15, -0.1) is 0 Å². The van der Waals surface area contributed by atoms with Crippen molar-refractivity contribution in [2.45, 2.75) is 18.7 Å². The van der Waals surface area contributed by atoms with Crippen LogP contribution in [0.2, 0.25) is 0 Å². The Morgan fingerprint density at radius 1 is 0.914 bits per heavy atom. The fourth-order valence-corrected chi connectivity index (χ4v) is 5.32. The number of anilines is 3. The third-order valence-electron chi connectivity index (χ3n) is 5.12. The highest BCUT2D eigenvalue weighted by atomic mass is 32.2. The summed E-state index contributed by atoms with van der Waals surface area (Å²) in [7, 11) is -6.08. The van der Waals surface area contributed by atoms with Gasteiger partial charge in [-0.2, -0.15) is 0 Å². The molecule has 11 heteroatoms. The number of rotatable bonds is 9. The number of nitrogens with zero attached hydrogens (tertiary/aromatic N) is 1. The molecule has 0 heterocycles. The molecule has 35 heavy (non-hydrogen) atoms. The first-order valence-corrected chi connectivity index (χ1v) is 13.8. The molecule has 9 nitrogen and oxygen atoms in total. The molecule has 0 saturated carbocycles. The van der Waals surface area contributed by atoms with Gasteiger partial charge in [0.2, 0.25) is 15.9 Å². The van der Waals surface area contributed by atoms with E-state index in [1.807, 2.05) is 26.0 Å². The summed E-state index contributed by atoms with van der Waals surface area (Å²) in [4.78, 5) is 12.6. The Morgan fingerprint density at radius 2 is 1.54 bits per heavy atom. The molecule has 186 valence electrons. The normalized spacial score (nSPS) is 11.5. The van der Waals surface area contributed by atoms with Crippen LogP contribution in [0.4, 0.5) is 17.1 Å². The Labute approximate surface area is 205 Å². The summed E-state index contributed by atoms with van der Waals surface area (Å²) in [6, 6.07) is 17.3. The van der Waals surface area contributed by atoms with Crippen LogP contribution in [0.1, 0.15) is 11.1 Å². The highest BCUT2D eigenvalue weighted by Gasteiger charge is 2.21. The van der Waals surface area contributed by atoms with Gasteiger partial charge in [-0.05, 0) is 74.0 Å². The standard InChI is InChI=1S/C24H27N3O6S2/c1-17-5-14-23(18(2)15-17)26-35(31,32)22-12-6-19(7-13-22)25-24(28)16-27(34(4,29)30)20-8-10-21(33-3)11-9-20/h5-15,26H,16H2,1-4H3,(H,25,28). The molecule has 0 aromatic heterocycles. The Hall–Kier alpha value is -3.57. The summed E-state index contributed by atoms with van der Waals surface area (Å²) < 4.78 is 58.6. The van der Waals surface area contributed by atoms with Crippen molar-refractivity contribution in [1.29, 1.82) is 0 Å². The summed E-state index contributed by atoms with van der Waals surface area (Å²) in [5, 5.41) is 2.60. The lowest BCUT2D eigenvalue weighted by Crippen LogP contribution is -2.37. The molecule has 0 atom stereocenters. The molecule has 1 amide bonds. The van der Waals surface area contributed by atoms with E-state index in [0.29, 0.717) is 22.8 Å². The van der Waals surface area contributed by atoms with Crippen molar-refractivity contribution in [1.82, 2.24) is 0 Å². The number of carbonyl (C=O) groups excluding carboxylic acids is 1. The van der Waals surface area contributed by atoms with Crippen LogP contribution < -0.4 is 19.1 Å². The van der Waals surface area contributed by atoms with Crippen LogP contribution in [0.25, 0.3) is 0 Å². The molecule has 0 radical (unpaired) electrons. The van der Waals surface area contributed by atoms with Gasteiger partial charge in [0.05, 0.1) is 29.6 Å². The highest BCUT2D eigenvalue weighted by molar-refractivity contribution is 7.92. The monoisotopic (exact) mass is 517 g/mol. The van der Waals surface area contributed by atoms with Crippen molar-refractivity contribution < 1.29 is 26.4 Å². The lowest BCUT2D eigenvalue weighted by atomic mass is 10.1. The average Bonchev–Trinajstić information content (AvgIpc) is 2.79. The molecule has 3 aromatic carbocycles. The SMILES string of the molecule is COc1ccc(N(CC(=O)Nc2ccc(S(=O)(=O)Nc3ccc(C)cc3C)cc2)S(C)(=O)=O)cc1. The number of carbonyl (C=O) groups is 1. The number of hydrogen-bond acceptors (Lipinski definition) is 6. The van der Waals surface area contributed by atoms with Gasteiger partial charge in [0.15, 0.2) is 0 Å². The lowest BCUT2D eigenvalue weighted by Gasteiger charge is -2.22. The number of benzene rings is 3. The van der Waals surface area contributed by atoms with E-state index < -0.39 is 32.5 Å². The molecule has 3 aromatic rings. The summed E-state index contributed by atoms with van der Waals surface area (Å²) in [5.41, 5.74) is 2.93. The van der Waals surface area contributed by atoms with Crippen molar-refractivity contribution in [2.75, 3.05) is 34.3 Å². The maximum Gasteiger partial charge on any atom is 0.261 e. The number of aryl methyl sites for hydroxylation is 2. The lowest BCUT2D eigenvalue weighted by molar-refractivity contribution is -0.114. The highest BCUT2D eigenvalue weighted by Crippen LogP contribution is 2.23. The Kier molecular flexibility index (Phi) is 7.71. The molecule has 2 N–H and O–H groups in total. The molecule has 0 unspecified atom stereocenters. The van der Waals surface area contributed by atoms with E-state index in [1.54, 1.807) is 18.2 Å². The maximum absolute atomic E-state index is 12.7. The molecule has 0 bridgehead atoms. The number of methoxy groups -OCH3 is 1. The van der Waals surface area contributed by atoms with Gasteiger partial charge in [-0.25, -0.2) is 16.8 Å². The number of nitrogens with one attached hydrogen (secondary N) is 2. The van der Waals surface area contributed by atoms with E-state index in [2.05, 4.69) is 10.0 Å². The molecular weight excluding hydrogens is 490 g/mol. The first-order chi connectivity index (χ1) is 16.4. The average molecular weight is 518 g/mol. The quantitative estimate of drug-likeness (QED) is 0.448. The Balaban J connectivity index is 1.71. The maximum atomic E-state index is 12.7. The van der Waals surface area contributed by atoms with Crippen molar-refractivity contribution >= 4 is 43.0 Å². The van der Waals surface area contributed by atoms with E-state index >= 15 is 0 Å². The van der Waals surface area contributed by atoms with E-state index in [4.69, 9.17) is 4.74 Å². The summed E-state index contributed by atoms with van der Waals surface area (Å²) >= 11 is 0. The van der Waals surface area contributed by atoms with Crippen molar-refractivity contribution in [3.63, 3.8) is 0 Å². The van der Waals surface area contributed by atoms with Crippen LogP contribution in [0, 0.1) is 13.8 Å². The van der Waals surface area contributed by atoms with Crippen molar-refractivity contribution in [3.8, 4) is 5.75 Å². The second kappa shape index (κ2) is 10.4. The molecule has 0 fully saturated rings. The zero-order chi connectivity index (χ0) is 25.8. The molecule has 0 aliphatic carbocycles. The van der Waals surface area contributed by atoms with Gasteiger partial charge in [0.25, 0.3) is 10.0 Å². The first kappa shape index (κ1) is 26.0. The predicted octanol–water partition coefficient (Wildman–Crippen LogP) is 3.52. The van der Waals surface area contributed by atoms with Crippen molar-refractivity contribution in [2.24, 2.45) is 0 Å². The first-order valence-electron chi connectivity index (χ1n) is 10.5. The predicted molar refractivity (Wildman–Crippen MR) is 137 cm³/mol. The minimum atomic E-state index is -3.83. The minimum absolute atomic E-state index is 0.0199. The number of hydrogen-bond donors (Lipinski definition) is 2.